The van der Waals surface area contributed by atoms with Gasteiger partial charge in [-0.05, 0) is 37.1 Å². The van der Waals surface area contributed by atoms with Crippen LogP contribution in [0.15, 0.2) is 58.2 Å². The van der Waals surface area contributed by atoms with E-state index in [-0.39, 0.29) is 30.7 Å². The highest BCUT2D eigenvalue weighted by Crippen LogP contribution is 2.19. The lowest BCUT2D eigenvalue weighted by Gasteiger charge is -2.21. The summed E-state index contributed by atoms with van der Waals surface area (Å²) in [5.41, 5.74) is 4.10. The van der Waals surface area contributed by atoms with Crippen LogP contribution < -0.4 is 5.32 Å². The lowest BCUT2D eigenvalue weighted by molar-refractivity contribution is -0.135. The average Bonchev–Trinajstić information content (AvgIpc) is 3.20. The molecule has 30 heavy (non-hydrogen) atoms. The van der Waals surface area contributed by atoms with Gasteiger partial charge in [-0.25, -0.2) is 5.01 Å². The number of nitrogens with zero attached hydrogens (tertiary/aromatic N) is 4. The zero-order valence-electron chi connectivity index (χ0n) is 16.8. The molecule has 0 radical (unpaired) electrons. The van der Waals surface area contributed by atoms with E-state index in [0.717, 1.165) is 21.7 Å². The summed E-state index contributed by atoms with van der Waals surface area (Å²) < 4.78 is 5.34. The fourth-order valence-electron chi connectivity index (χ4n) is 3.31. The molecule has 8 heteroatoms. The van der Waals surface area contributed by atoms with Crippen LogP contribution in [-0.2, 0) is 9.59 Å². The summed E-state index contributed by atoms with van der Waals surface area (Å²) in [6.45, 7) is 3.73. The third kappa shape index (κ3) is 4.43. The van der Waals surface area contributed by atoms with Crippen molar-refractivity contribution in [2.75, 3.05) is 11.9 Å². The standard InChI is InChI=1S/C22H21N5O3/c1-14-10-15(2)12-17(11-14)23-19(28)13-27-20(29)9-8-18(25-27)22-24-21(26-30-22)16-6-4-3-5-7-16/h3-7,10-12H,8-9,13H2,1-2H3,(H,23,28). The number of hydrogen-bond donors (Lipinski definition) is 1. The number of hydrogen-bond acceptors (Lipinski definition) is 6. The topological polar surface area (TPSA) is 101 Å². The summed E-state index contributed by atoms with van der Waals surface area (Å²) in [6.07, 6.45) is 0.600. The molecule has 152 valence electrons. The van der Waals surface area contributed by atoms with Gasteiger partial charge in [0.05, 0.1) is 0 Å². The minimum absolute atomic E-state index is 0.186. The van der Waals surface area contributed by atoms with E-state index in [1.165, 1.54) is 0 Å². The first-order chi connectivity index (χ1) is 14.5. The van der Waals surface area contributed by atoms with Crippen molar-refractivity contribution in [3.05, 3.63) is 65.5 Å². The molecule has 2 amide bonds. The molecule has 0 spiro atoms. The van der Waals surface area contributed by atoms with E-state index in [9.17, 15) is 9.59 Å². The van der Waals surface area contributed by atoms with E-state index < -0.39 is 0 Å². The number of nitrogens with one attached hydrogen (secondary N) is 1. The van der Waals surface area contributed by atoms with Gasteiger partial charge in [0.2, 0.25) is 17.6 Å². The molecule has 2 aromatic carbocycles. The van der Waals surface area contributed by atoms with Gasteiger partial charge in [0.1, 0.15) is 12.3 Å². The highest BCUT2D eigenvalue weighted by Gasteiger charge is 2.26. The maximum atomic E-state index is 12.5. The Morgan fingerprint density at radius 1 is 1.10 bits per heavy atom. The van der Waals surface area contributed by atoms with Crippen molar-refractivity contribution >= 4 is 23.2 Å². The predicted octanol–water partition coefficient (Wildman–Crippen LogP) is 3.32. The first-order valence-electron chi connectivity index (χ1n) is 9.63. The lowest BCUT2D eigenvalue weighted by atomic mass is 10.1. The molecular weight excluding hydrogens is 382 g/mol. The number of carbonyl (C=O) groups excluding carboxylic acids is 2. The highest BCUT2D eigenvalue weighted by atomic mass is 16.5. The summed E-state index contributed by atoms with van der Waals surface area (Å²) >= 11 is 0. The predicted molar refractivity (Wildman–Crippen MR) is 112 cm³/mol. The van der Waals surface area contributed by atoms with Crippen LogP contribution in [0.25, 0.3) is 11.4 Å². The van der Waals surface area contributed by atoms with Crippen LogP contribution in [-0.4, -0.2) is 39.2 Å². The summed E-state index contributed by atoms with van der Waals surface area (Å²) in [6, 6.07) is 15.2. The van der Waals surface area contributed by atoms with Crippen molar-refractivity contribution in [1.29, 1.82) is 0 Å². The third-order valence-corrected chi connectivity index (χ3v) is 4.61. The number of carbonyl (C=O) groups is 2. The maximum absolute atomic E-state index is 12.5. The number of aryl methyl sites for hydroxylation is 2. The molecule has 1 aliphatic heterocycles. The minimum atomic E-state index is -0.325. The molecule has 0 saturated heterocycles. The van der Waals surface area contributed by atoms with Gasteiger partial charge in [0.15, 0.2) is 0 Å². The van der Waals surface area contributed by atoms with Gasteiger partial charge in [-0.15, -0.1) is 0 Å². The summed E-state index contributed by atoms with van der Waals surface area (Å²) in [4.78, 5) is 29.1. The number of hydrazone groups is 1. The number of rotatable bonds is 5. The second kappa shape index (κ2) is 8.28. The van der Waals surface area contributed by atoms with Crippen LogP contribution in [0.3, 0.4) is 0 Å². The Morgan fingerprint density at radius 3 is 2.57 bits per heavy atom. The van der Waals surface area contributed by atoms with Crippen molar-refractivity contribution in [1.82, 2.24) is 15.1 Å². The quantitative estimate of drug-likeness (QED) is 0.704. The molecule has 1 aromatic heterocycles. The smallest absolute Gasteiger partial charge is 0.274 e. The largest absolute Gasteiger partial charge is 0.332 e. The van der Waals surface area contributed by atoms with Crippen molar-refractivity contribution in [3.8, 4) is 11.4 Å². The Morgan fingerprint density at radius 2 is 1.83 bits per heavy atom. The highest BCUT2D eigenvalue weighted by molar-refractivity contribution is 6.02. The second-order valence-electron chi connectivity index (χ2n) is 7.21. The Hall–Kier alpha value is -3.81. The van der Waals surface area contributed by atoms with Crippen LogP contribution in [0.4, 0.5) is 5.69 Å². The number of anilines is 1. The molecule has 0 aliphatic carbocycles. The number of amides is 2. The van der Waals surface area contributed by atoms with Gasteiger partial charge in [0, 0.05) is 24.1 Å². The molecule has 0 atom stereocenters. The number of benzene rings is 2. The van der Waals surface area contributed by atoms with E-state index in [2.05, 4.69) is 20.6 Å². The van der Waals surface area contributed by atoms with Gasteiger partial charge < -0.3 is 9.84 Å². The zero-order chi connectivity index (χ0) is 21.1. The monoisotopic (exact) mass is 403 g/mol. The fraction of sp³-hybridized carbons (Fsp3) is 0.227. The van der Waals surface area contributed by atoms with E-state index >= 15 is 0 Å². The molecule has 0 unspecified atom stereocenters. The van der Waals surface area contributed by atoms with Gasteiger partial charge in [-0.3, -0.25) is 9.59 Å². The Bertz CT molecular complexity index is 1100. The van der Waals surface area contributed by atoms with Gasteiger partial charge >= 0.3 is 0 Å². The first-order valence-corrected chi connectivity index (χ1v) is 9.63. The normalized spacial score (nSPS) is 13.9. The van der Waals surface area contributed by atoms with E-state index in [4.69, 9.17) is 4.52 Å². The molecule has 1 aliphatic rings. The van der Waals surface area contributed by atoms with Crippen LogP contribution in [0.1, 0.15) is 29.9 Å². The molecule has 0 bridgehead atoms. The summed E-state index contributed by atoms with van der Waals surface area (Å²) in [5, 5.41) is 12.3. The number of aromatic nitrogens is 2. The van der Waals surface area contributed by atoms with Crippen molar-refractivity contribution < 1.29 is 14.1 Å². The molecule has 4 rings (SSSR count). The van der Waals surface area contributed by atoms with Gasteiger partial charge in [0.25, 0.3) is 5.89 Å². The SMILES string of the molecule is Cc1cc(C)cc(NC(=O)CN2N=C(c3nc(-c4ccccc4)no3)CCC2=O)c1. The molecule has 0 fully saturated rings. The molecule has 2 heterocycles. The van der Waals surface area contributed by atoms with Crippen molar-refractivity contribution in [2.45, 2.75) is 26.7 Å². The van der Waals surface area contributed by atoms with E-state index in [0.29, 0.717) is 23.6 Å². The average molecular weight is 403 g/mol. The molecule has 3 aromatic rings. The lowest BCUT2D eigenvalue weighted by Crippen LogP contribution is -2.38. The van der Waals surface area contributed by atoms with Crippen molar-refractivity contribution in [3.63, 3.8) is 0 Å². The summed E-state index contributed by atoms with van der Waals surface area (Å²) in [5.74, 6) is 0.149. The molecule has 0 saturated carbocycles. The van der Waals surface area contributed by atoms with E-state index in [1.807, 2.05) is 62.4 Å². The molecular formula is C22H21N5O3. The Kier molecular flexibility index (Phi) is 5.38. The first kappa shape index (κ1) is 19.5. The summed E-state index contributed by atoms with van der Waals surface area (Å²) in [7, 11) is 0. The van der Waals surface area contributed by atoms with Gasteiger partial charge in [-0.2, -0.15) is 10.1 Å². The third-order valence-electron chi connectivity index (χ3n) is 4.61. The van der Waals surface area contributed by atoms with Crippen molar-refractivity contribution in [2.24, 2.45) is 5.10 Å². The fourth-order valence-corrected chi connectivity index (χ4v) is 3.31. The van der Waals surface area contributed by atoms with E-state index in [1.54, 1.807) is 0 Å². The molecule has 8 nitrogen and oxygen atoms in total. The minimum Gasteiger partial charge on any atom is -0.332 e. The Labute approximate surface area is 173 Å². The molecule has 1 N–H and O–H groups in total. The maximum Gasteiger partial charge on any atom is 0.274 e. The van der Waals surface area contributed by atoms with Crippen LogP contribution >= 0.6 is 0 Å². The van der Waals surface area contributed by atoms with Crippen LogP contribution in [0.5, 0.6) is 0 Å². The van der Waals surface area contributed by atoms with Crippen LogP contribution in [0.2, 0.25) is 0 Å². The second-order valence-corrected chi connectivity index (χ2v) is 7.21. The zero-order valence-corrected chi connectivity index (χ0v) is 16.8. The Balaban J connectivity index is 1.48. The van der Waals surface area contributed by atoms with Crippen LogP contribution in [0, 0.1) is 13.8 Å². The van der Waals surface area contributed by atoms with Gasteiger partial charge in [-0.1, -0.05) is 41.6 Å².